The van der Waals surface area contributed by atoms with Gasteiger partial charge in [0.2, 0.25) is 11.8 Å². The first-order valence-corrected chi connectivity index (χ1v) is 11.5. The van der Waals surface area contributed by atoms with Crippen molar-refractivity contribution >= 4 is 50.3 Å². The first-order valence-electron chi connectivity index (χ1n) is 10.7. The zero-order valence-corrected chi connectivity index (χ0v) is 20.5. The van der Waals surface area contributed by atoms with Gasteiger partial charge in [-0.05, 0) is 55.8 Å². The summed E-state index contributed by atoms with van der Waals surface area (Å²) in [5.41, 5.74) is 3.87. The molecule has 4 aromatic rings. The van der Waals surface area contributed by atoms with E-state index in [1.165, 1.54) is 24.3 Å². The Morgan fingerprint density at radius 1 is 1.11 bits per heavy atom. The number of fused-ring (bicyclic) bond motifs is 1. The lowest BCUT2D eigenvalue weighted by molar-refractivity contribution is -0.114. The van der Waals surface area contributed by atoms with Crippen LogP contribution in [0, 0.1) is 13.8 Å². The molecule has 2 aromatic heterocycles. The molecular weight excluding hydrogens is 468 g/mol. The van der Waals surface area contributed by atoms with E-state index in [9.17, 15) is 9.59 Å². The predicted molar refractivity (Wildman–Crippen MR) is 135 cm³/mol. The summed E-state index contributed by atoms with van der Waals surface area (Å²) in [4.78, 5) is 28.1. The molecule has 2 N–H and O–H groups in total. The van der Waals surface area contributed by atoms with Crippen molar-refractivity contribution in [3.63, 3.8) is 0 Å². The van der Waals surface area contributed by atoms with E-state index in [-0.39, 0.29) is 11.8 Å². The van der Waals surface area contributed by atoms with Crippen LogP contribution < -0.4 is 20.1 Å². The summed E-state index contributed by atoms with van der Waals surface area (Å²) < 4.78 is 17.4. The van der Waals surface area contributed by atoms with Gasteiger partial charge in [0, 0.05) is 18.7 Å². The quantitative estimate of drug-likeness (QED) is 0.329. The fraction of sp³-hybridized carbons (Fsp3) is 0.200. The number of thiazole rings is 1. The molecule has 9 nitrogen and oxygen atoms in total. The van der Waals surface area contributed by atoms with E-state index in [1.54, 1.807) is 37.5 Å². The second-order valence-corrected chi connectivity index (χ2v) is 8.74. The summed E-state index contributed by atoms with van der Waals surface area (Å²) in [7, 11) is 1.56. The molecule has 0 fully saturated rings. The molecule has 180 valence electrons. The second kappa shape index (κ2) is 10.4. The lowest BCUT2D eigenvalue weighted by Crippen LogP contribution is -2.07. The summed E-state index contributed by atoms with van der Waals surface area (Å²) in [5, 5.41) is 9.90. The van der Waals surface area contributed by atoms with Gasteiger partial charge in [0.15, 0.2) is 16.6 Å². The molecule has 0 aliphatic rings. The minimum absolute atomic E-state index is 0.149. The molecule has 0 aliphatic carbocycles. The van der Waals surface area contributed by atoms with Crippen molar-refractivity contribution in [2.75, 3.05) is 17.7 Å². The van der Waals surface area contributed by atoms with Gasteiger partial charge in [-0.1, -0.05) is 22.6 Å². The molecule has 0 saturated heterocycles. The number of hydrogen-bond donors (Lipinski definition) is 2. The summed E-state index contributed by atoms with van der Waals surface area (Å²) in [5.74, 6) is 1.36. The van der Waals surface area contributed by atoms with Gasteiger partial charge in [0.25, 0.3) is 0 Å². The standard InChI is InChI=1S/C25H24N4O5S/c1-14-19(15(2)34-29-14)13-33-21-9-5-17(11-22(21)32-4)6-10-24(31)28-25-27-20-8-7-18(26-16(3)30)12-23(20)35-25/h5-12H,13H2,1-4H3,(H,26,30)(H,27,28,31)/b10-6+. The Hall–Kier alpha value is -4.18. The number of carbonyl (C=O) groups is 2. The van der Waals surface area contributed by atoms with Crippen molar-refractivity contribution in [3.8, 4) is 11.5 Å². The highest BCUT2D eigenvalue weighted by molar-refractivity contribution is 7.22. The van der Waals surface area contributed by atoms with Crippen molar-refractivity contribution in [2.45, 2.75) is 27.4 Å². The monoisotopic (exact) mass is 492 g/mol. The number of nitrogens with one attached hydrogen (secondary N) is 2. The molecule has 10 heteroatoms. The molecule has 0 aliphatic heterocycles. The van der Waals surface area contributed by atoms with Gasteiger partial charge in [0.05, 0.1) is 28.6 Å². The molecule has 0 unspecified atom stereocenters. The maximum absolute atomic E-state index is 12.4. The first kappa shape index (κ1) is 24.0. The first-order chi connectivity index (χ1) is 16.8. The number of amides is 2. The van der Waals surface area contributed by atoms with Crippen LogP contribution in [0.1, 0.15) is 29.5 Å². The maximum Gasteiger partial charge on any atom is 0.250 e. The molecule has 0 atom stereocenters. The van der Waals surface area contributed by atoms with Crippen molar-refractivity contribution in [3.05, 3.63) is 65.1 Å². The number of anilines is 2. The zero-order chi connectivity index (χ0) is 24.9. The molecular formula is C25H24N4O5S. The van der Waals surface area contributed by atoms with Crippen LogP contribution in [-0.4, -0.2) is 29.1 Å². The highest BCUT2D eigenvalue weighted by Crippen LogP contribution is 2.31. The van der Waals surface area contributed by atoms with Crippen LogP contribution in [0.5, 0.6) is 11.5 Å². The van der Waals surface area contributed by atoms with Gasteiger partial charge in [-0.3, -0.25) is 14.9 Å². The summed E-state index contributed by atoms with van der Waals surface area (Å²) >= 11 is 1.33. The van der Waals surface area contributed by atoms with Crippen LogP contribution in [0.15, 0.2) is 47.0 Å². The molecule has 0 saturated carbocycles. The number of rotatable bonds is 8. The Labute approximate surface area is 205 Å². The third-order valence-corrected chi connectivity index (χ3v) is 6.04. The van der Waals surface area contributed by atoms with E-state index >= 15 is 0 Å². The third kappa shape index (κ3) is 5.85. The Balaban J connectivity index is 1.40. The lowest BCUT2D eigenvalue weighted by atomic mass is 10.2. The second-order valence-electron chi connectivity index (χ2n) is 7.71. The van der Waals surface area contributed by atoms with Crippen LogP contribution in [0.4, 0.5) is 10.8 Å². The third-order valence-electron chi connectivity index (χ3n) is 5.11. The van der Waals surface area contributed by atoms with Gasteiger partial charge in [-0.2, -0.15) is 0 Å². The minimum atomic E-state index is -0.316. The lowest BCUT2D eigenvalue weighted by Gasteiger charge is -2.11. The van der Waals surface area contributed by atoms with Crippen LogP contribution in [0.3, 0.4) is 0 Å². The smallest absolute Gasteiger partial charge is 0.250 e. The van der Waals surface area contributed by atoms with Crippen LogP contribution >= 0.6 is 11.3 Å². The van der Waals surface area contributed by atoms with E-state index in [2.05, 4.69) is 20.8 Å². The summed E-state index contributed by atoms with van der Waals surface area (Å²) in [6.07, 6.45) is 3.10. The normalized spacial score (nSPS) is 11.1. The molecule has 0 bridgehead atoms. The fourth-order valence-corrected chi connectivity index (χ4v) is 4.25. The van der Waals surface area contributed by atoms with Gasteiger partial charge >= 0.3 is 0 Å². The maximum atomic E-state index is 12.4. The van der Waals surface area contributed by atoms with Crippen LogP contribution in [0.2, 0.25) is 0 Å². The molecule has 2 amide bonds. The van der Waals surface area contributed by atoms with E-state index in [4.69, 9.17) is 14.0 Å². The number of hydrogen-bond acceptors (Lipinski definition) is 8. The van der Waals surface area contributed by atoms with Gasteiger partial charge < -0.3 is 19.3 Å². The van der Waals surface area contributed by atoms with Crippen molar-refractivity contribution in [1.82, 2.24) is 10.1 Å². The highest BCUT2D eigenvalue weighted by Gasteiger charge is 2.12. The Morgan fingerprint density at radius 2 is 1.94 bits per heavy atom. The molecule has 4 rings (SSSR count). The number of aromatic nitrogens is 2. The molecule has 0 radical (unpaired) electrons. The number of aryl methyl sites for hydroxylation is 2. The Kier molecular flexibility index (Phi) is 7.11. The highest BCUT2D eigenvalue weighted by atomic mass is 32.1. The van der Waals surface area contributed by atoms with E-state index in [0.29, 0.717) is 34.7 Å². The minimum Gasteiger partial charge on any atom is -0.493 e. The SMILES string of the molecule is COc1cc(/C=C/C(=O)Nc2nc3ccc(NC(C)=O)cc3s2)ccc1OCc1c(C)noc1C. The number of ether oxygens (including phenoxy) is 2. The van der Waals surface area contributed by atoms with Crippen LogP contribution in [-0.2, 0) is 16.2 Å². The van der Waals surface area contributed by atoms with Crippen molar-refractivity contribution in [2.24, 2.45) is 0 Å². The Bertz CT molecular complexity index is 1400. The van der Waals surface area contributed by atoms with Gasteiger partial charge in [0.1, 0.15) is 12.4 Å². The zero-order valence-electron chi connectivity index (χ0n) is 19.7. The van der Waals surface area contributed by atoms with Crippen molar-refractivity contribution in [1.29, 1.82) is 0 Å². The van der Waals surface area contributed by atoms with Gasteiger partial charge in [-0.15, -0.1) is 0 Å². The average Bonchev–Trinajstić information content (AvgIpc) is 3.37. The van der Waals surface area contributed by atoms with Crippen molar-refractivity contribution < 1.29 is 23.6 Å². The Morgan fingerprint density at radius 3 is 2.66 bits per heavy atom. The summed E-state index contributed by atoms with van der Waals surface area (Å²) in [6.45, 7) is 5.46. The number of methoxy groups -OCH3 is 1. The average molecular weight is 493 g/mol. The molecule has 0 spiro atoms. The summed E-state index contributed by atoms with van der Waals surface area (Å²) in [6, 6.07) is 10.8. The van der Waals surface area contributed by atoms with Crippen LogP contribution in [0.25, 0.3) is 16.3 Å². The number of benzene rings is 2. The molecule has 2 aromatic carbocycles. The van der Waals surface area contributed by atoms with Gasteiger partial charge in [-0.25, -0.2) is 4.98 Å². The fourth-order valence-electron chi connectivity index (χ4n) is 3.34. The largest absolute Gasteiger partial charge is 0.493 e. The van der Waals surface area contributed by atoms with E-state index < -0.39 is 0 Å². The predicted octanol–water partition coefficient (Wildman–Crippen LogP) is 5.10. The number of nitrogens with zero attached hydrogens (tertiary/aromatic N) is 2. The molecule has 35 heavy (non-hydrogen) atoms. The topological polar surface area (TPSA) is 116 Å². The molecule has 2 heterocycles. The van der Waals surface area contributed by atoms with E-state index in [0.717, 1.165) is 27.0 Å². The van der Waals surface area contributed by atoms with E-state index in [1.807, 2.05) is 26.0 Å². The number of carbonyl (C=O) groups excluding carboxylic acids is 2.